The van der Waals surface area contributed by atoms with Crippen LogP contribution in [-0.4, -0.2) is 71.1 Å². The first-order valence-electron chi connectivity index (χ1n) is 10.1. The number of aromatic nitrogens is 6. The summed E-state index contributed by atoms with van der Waals surface area (Å²) in [7, 11) is 0. The van der Waals surface area contributed by atoms with Crippen LogP contribution < -0.4 is 4.90 Å². The lowest BCUT2D eigenvalue weighted by Crippen LogP contribution is -2.38. The minimum atomic E-state index is -0.210. The Balaban J connectivity index is 1.33. The average Bonchev–Trinajstić information content (AvgIpc) is 3.50. The predicted octanol–water partition coefficient (Wildman–Crippen LogP) is 1.31. The summed E-state index contributed by atoms with van der Waals surface area (Å²) < 4.78 is 0. The van der Waals surface area contributed by atoms with Gasteiger partial charge in [-0.2, -0.15) is 9.90 Å². The first kappa shape index (κ1) is 19.6. The zero-order chi connectivity index (χ0) is 21.5. The van der Waals surface area contributed by atoms with Crippen LogP contribution in [0.1, 0.15) is 24.1 Å². The molecule has 3 N–H and O–H groups in total. The Morgan fingerprint density at radius 1 is 1.16 bits per heavy atom. The standard InChI is InChI=1S/C19H21ClN8O3/c20-13-7-11(15(29)8-16(13)30)18-12-9-27(6-3-14(12)21-22-18)17(31)10-28-24-19(23-25-28)26-4-1-2-5-26/h7-8,29-30H,1-6,9-10H2,(H,21,22). The molecular weight excluding hydrogens is 424 g/mol. The van der Waals surface area contributed by atoms with E-state index in [9.17, 15) is 15.0 Å². The Labute approximate surface area is 182 Å². The summed E-state index contributed by atoms with van der Waals surface area (Å²) in [6.45, 7) is 2.67. The van der Waals surface area contributed by atoms with E-state index in [0.717, 1.165) is 37.2 Å². The third-order valence-electron chi connectivity index (χ3n) is 5.71. The van der Waals surface area contributed by atoms with Gasteiger partial charge in [0.25, 0.3) is 5.95 Å². The molecule has 31 heavy (non-hydrogen) atoms. The predicted molar refractivity (Wildman–Crippen MR) is 111 cm³/mol. The molecular formula is C19H21ClN8O3. The van der Waals surface area contributed by atoms with Crippen LogP contribution in [0.3, 0.4) is 0 Å². The maximum absolute atomic E-state index is 12.9. The topological polar surface area (TPSA) is 136 Å². The summed E-state index contributed by atoms with van der Waals surface area (Å²) in [6.07, 6.45) is 2.82. The number of rotatable bonds is 4. The van der Waals surface area contributed by atoms with E-state index in [1.807, 2.05) is 0 Å². The zero-order valence-electron chi connectivity index (χ0n) is 16.6. The molecule has 1 saturated heterocycles. The molecule has 1 amide bonds. The number of tetrazole rings is 1. The van der Waals surface area contributed by atoms with E-state index in [2.05, 4.69) is 30.5 Å². The highest BCUT2D eigenvalue weighted by Gasteiger charge is 2.28. The summed E-state index contributed by atoms with van der Waals surface area (Å²) in [5.74, 6) is 0.0813. The van der Waals surface area contributed by atoms with Crippen LogP contribution in [0, 0.1) is 0 Å². The molecule has 0 bridgehead atoms. The molecule has 2 aliphatic heterocycles. The highest BCUT2D eigenvalue weighted by Crippen LogP contribution is 2.39. The number of fused-ring (bicyclic) bond motifs is 1. The molecule has 11 nitrogen and oxygen atoms in total. The van der Waals surface area contributed by atoms with Crippen LogP contribution in [0.2, 0.25) is 5.02 Å². The maximum Gasteiger partial charge on any atom is 0.266 e. The molecule has 5 rings (SSSR count). The Morgan fingerprint density at radius 2 is 1.97 bits per heavy atom. The number of hydrogen-bond donors (Lipinski definition) is 3. The van der Waals surface area contributed by atoms with E-state index in [1.54, 1.807) is 4.90 Å². The molecule has 0 saturated carbocycles. The number of anilines is 1. The molecule has 1 fully saturated rings. The normalized spacial score (nSPS) is 16.0. The molecule has 0 radical (unpaired) electrons. The molecule has 12 heteroatoms. The molecule has 0 unspecified atom stereocenters. The molecule has 0 spiro atoms. The van der Waals surface area contributed by atoms with Gasteiger partial charge in [-0.05, 0) is 24.1 Å². The average molecular weight is 445 g/mol. The van der Waals surface area contributed by atoms with Gasteiger partial charge < -0.3 is 20.0 Å². The van der Waals surface area contributed by atoms with Crippen molar-refractivity contribution in [3.63, 3.8) is 0 Å². The largest absolute Gasteiger partial charge is 0.507 e. The number of nitrogens with zero attached hydrogens (tertiary/aromatic N) is 7. The Morgan fingerprint density at radius 3 is 2.77 bits per heavy atom. The van der Waals surface area contributed by atoms with Gasteiger partial charge in [0.2, 0.25) is 5.91 Å². The minimum absolute atomic E-state index is 0.000352. The fraction of sp³-hybridized carbons (Fsp3) is 0.421. The number of amides is 1. The number of halogens is 1. The van der Waals surface area contributed by atoms with Gasteiger partial charge >= 0.3 is 0 Å². The maximum atomic E-state index is 12.9. The van der Waals surface area contributed by atoms with Gasteiger partial charge in [0.1, 0.15) is 23.7 Å². The van der Waals surface area contributed by atoms with Gasteiger partial charge in [-0.1, -0.05) is 16.7 Å². The fourth-order valence-corrected chi connectivity index (χ4v) is 4.20. The van der Waals surface area contributed by atoms with E-state index in [4.69, 9.17) is 11.6 Å². The number of hydrogen-bond acceptors (Lipinski definition) is 8. The van der Waals surface area contributed by atoms with E-state index in [0.29, 0.717) is 36.7 Å². The van der Waals surface area contributed by atoms with Gasteiger partial charge in [0.05, 0.1) is 5.02 Å². The second-order valence-electron chi connectivity index (χ2n) is 7.73. The number of phenols is 2. The Bertz CT molecular complexity index is 1140. The van der Waals surface area contributed by atoms with E-state index in [1.165, 1.54) is 16.9 Å². The number of phenolic OH excluding ortho intramolecular Hbond substituents is 2. The number of carbonyl (C=O) groups excluding carboxylic acids is 1. The molecule has 3 aromatic rings. The van der Waals surface area contributed by atoms with E-state index < -0.39 is 0 Å². The third-order valence-corrected chi connectivity index (χ3v) is 6.02. The lowest BCUT2D eigenvalue weighted by Gasteiger charge is -2.27. The van der Waals surface area contributed by atoms with Gasteiger partial charge in [-0.15, -0.1) is 5.10 Å². The first-order chi connectivity index (χ1) is 15.0. The summed E-state index contributed by atoms with van der Waals surface area (Å²) in [4.78, 5) is 18.0. The number of aromatic hydroxyl groups is 2. The van der Waals surface area contributed by atoms with Crippen LogP contribution in [0.15, 0.2) is 12.1 Å². The molecule has 162 valence electrons. The molecule has 1 aromatic carbocycles. The van der Waals surface area contributed by atoms with Gasteiger partial charge in [-0.25, -0.2) is 0 Å². The quantitative estimate of drug-likeness (QED) is 0.548. The molecule has 0 aliphatic carbocycles. The SMILES string of the molecule is O=C(Cn1nnc(N2CCCC2)n1)N1CCc2[nH]nc(-c3cc(Cl)c(O)cc3O)c2C1. The van der Waals surface area contributed by atoms with Crippen molar-refractivity contribution in [3.05, 3.63) is 28.4 Å². The van der Waals surface area contributed by atoms with Crippen LogP contribution in [0.25, 0.3) is 11.3 Å². The summed E-state index contributed by atoms with van der Waals surface area (Å²) in [6, 6.07) is 2.64. The van der Waals surface area contributed by atoms with Crippen molar-refractivity contribution in [2.24, 2.45) is 0 Å². The van der Waals surface area contributed by atoms with Crippen molar-refractivity contribution in [2.45, 2.75) is 32.4 Å². The fourth-order valence-electron chi connectivity index (χ4n) is 4.04. The van der Waals surface area contributed by atoms with E-state index >= 15 is 0 Å². The Kier molecular flexibility index (Phi) is 4.89. The second-order valence-corrected chi connectivity index (χ2v) is 8.14. The third kappa shape index (κ3) is 3.65. The Hall–Kier alpha value is -3.34. The highest BCUT2D eigenvalue weighted by molar-refractivity contribution is 6.32. The number of H-pyrrole nitrogens is 1. The van der Waals surface area contributed by atoms with Crippen molar-refractivity contribution in [2.75, 3.05) is 24.5 Å². The van der Waals surface area contributed by atoms with Crippen molar-refractivity contribution < 1.29 is 15.0 Å². The first-order valence-corrected chi connectivity index (χ1v) is 10.5. The van der Waals surface area contributed by atoms with Gasteiger partial charge in [0.15, 0.2) is 0 Å². The lowest BCUT2D eigenvalue weighted by atomic mass is 10.00. The summed E-state index contributed by atoms with van der Waals surface area (Å²) in [5.41, 5.74) is 2.60. The molecule has 2 aromatic heterocycles. The highest BCUT2D eigenvalue weighted by atomic mass is 35.5. The van der Waals surface area contributed by atoms with Crippen LogP contribution in [-0.2, 0) is 24.3 Å². The molecule has 4 heterocycles. The smallest absolute Gasteiger partial charge is 0.266 e. The number of aromatic amines is 1. The number of nitrogens with one attached hydrogen (secondary N) is 1. The lowest BCUT2D eigenvalue weighted by molar-refractivity contribution is -0.133. The van der Waals surface area contributed by atoms with Crippen LogP contribution in [0.4, 0.5) is 5.95 Å². The molecule has 2 aliphatic rings. The van der Waals surface area contributed by atoms with Crippen molar-refractivity contribution in [3.8, 4) is 22.8 Å². The number of carbonyl (C=O) groups is 1. The van der Waals surface area contributed by atoms with Crippen LogP contribution >= 0.6 is 11.6 Å². The second kappa shape index (κ2) is 7.73. The molecule has 0 atom stereocenters. The zero-order valence-corrected chi connectivity index (χ0v) is 17.4. The van der Waals surface area contributed by atoms with E-state index in [-0.39, 0.29) is 29.0 Å². The van der Waals surface area contributed by atoms with Crippen molar-refractivity contribution >= 4 is 23.5 Å². The summed E-state index contributed by atoms with van der Waals surface area (Å²) >= 11 is 6.01. The minimum Gasteiger partial charge on any atom is -0.507 e. The van der Waals surface area contributed by atoms with Crippen molar-refractivity contribution in [1.29, 1.82) is 0 Å². The van der Waals surface area contributed by atoms with Crippen LogP contribution in [0.5, 0.6) is 11.5 Å². The van der Waals surface area contributed by atoms with Gasteiger partial charge in [0, 0.05) is 55.5 Å². The van der Waals surface area contributed by atoms with Crippen molar-refractivity contribution in [1.82, 2.24) is 35.3 Å². The van der Waals surface area contributed by atoms with Gasteiger partial charge in [-0.3, -0.25) is 9.89 Å². The number of benzene rings is 1. The monoisotopic (exact) mass is 444 g/mol. The summed E-state index contributed by atoms with van der Waals surface area (Å²) in [5, 5.41) is 39.8.